The molecule has 42 heavy (non-hydrogen) atoms. The van der Waals surface area contributed by atoms with Gasteiger partial charge in [-0.1, -0.05) is 30.7 Å². The summed E-state index contributed by atoms with van der Waals surface area (Å²) >= 11 is 5.67. The first-order valence-corrected chi connectivity index (χ1v) is 14.0. The van der Waals surface area contributed by atoms with Gasteiger partial charge in [-0.3, -0.25) is 4.79 Å². The number of carbonyl (C=O) groups excluding carboxylic acids is 2. The average molecular weight is 607 g/mol. The summed E-state index contributed by atoms with van der Waals surface area (Å²) in [5.41, 5.74) is 5.74. The van der Waals surface area contributed by atoms with E-state index in [4.69, 9.17) is 26.5 Å². The zero-order valence-electron chi connectivity index (χ0n) is 23.9. The Morgan fingerprint density at radius 1 is 1.24 bits per heavy atom. The van der Waals surface area contributed by atoms with Crippen LogP contribution in [-0.4, -0.2) is 53.2 Å². The van der Waals surface area contributed by atoms with Crippen molar-refractivity contribution in [1.82, 2.24) is 15.1 Å². The number of aryl methyl sites for hydroxylation is 2. The fraction of sp³-hybridized carbons (Fsp3) is 0.467. The number of hydrogen-bond donors (Lipinski definition) is 1. The van der Waals surface area contributed by atoms with Crippen molar-refractivity contribution in [2.75, 3.05) is 20.2 Å². The number of halogens is 4. The summed E-state index contributed by atoms with van der Waals surface area (Å²) in [7, 11) is 1.31. The maximum atomic E-state index is 14.9. The number of carbonyl (C=O) groups is 2. The predicted molar refractivity (Wildman–Crippen MR) is 151 cm³/mol. The maximum absolute atomic E-state index is 14.9. The van der Waals surface area contributed by atoms with E-state index in [1.807, 2.05) is 24.3 Å². The normalized spacial score (nSPS) is 20.2. The number of ether oxygens (including phenoxy) is 1. The molecular weight excluding hydrogens is 573 g/mol. The van der Waals surface area contributed by atoms with Crippen LogP contribution in [0.15, 0.2) is 40.8 Å². The third-order valence-electron chi connectivity index (χ3n) is 7.90. The average Bonchev–Trinajstić information content (AvgIpc) is 3.44. The summed E-state index contributed by atoms with van der Waals surface area (Å²) in [5, 5.41) is 8.84. The van der Waals surface area contributed by atoms with Crippen molar-refractivity contribution in [1.29, 1.82) is 0 Å². The summed E-state index contributed by atoms with van der Waals surface area (Å²) in [4.78, 5) is 24.8. The molecule has 2 saturated heterocycles. The summed E-state index contributed by atoms with van der Waals surface area (Å²) in [6.45, 7) is 5.61. The molecule has 3 heterocycles. The number of rotatable bonds is 7. The van der Waals surface area contributed by atoms with Crippen LogP contribution in [-0.2, 0) is 27.3 Å². The van der Waals surface area contributed by atoms with Crippen molar-refractivity contribution in [3.63, 3.8) is 0 Å². The molecule has 1 aliphatic carbocycles. The van der Waals surface area contributed by atoms with E-state index in [1.54, 1.807) is 4.90 Å². The van der Waals surface area contributed by atoms with Gasteiger partial charge in [-0.15, -0.1) is 10.2 Å². The maximum Gasteiger partial charge on any atom is 0.409 e. The number of ketones is 1. The zero-order valence-corrected chi connectivity index (χ0v) is 24.7. The molecule has 2 bridgehead atoms. The van der Waals surface area contributed by atoms with Crippen LogP contribution in [0.4, 0.5) is 18.0 Å². The Bertz CT molecular complexity index is 1440. The molecule has 1 unspecified atom stereocenters. The number of nitrogens with two attached hydrogens (primary N) is 1. The Morgan fingerprint density at radius 2 is 1.90 bits per heavy atom. The van der Waals surface area contributed by atoms with E-state index in [2.05, 4.69) is 17.1 Å². The topological polar surface area (TPSA) is 112 Å². The van der Waals surface area contributed by atoms with E-state index in [-0.39, 0.29) is 28.8 Å². The molecule has 1 aromatic heterocycles. The lowest BCUT2D eigenvalue weighted by Gasteiger charge is -2.53. The van der Waals surface area contributed by atoms with Gasteiger partial charge in [0.25, 0.3) is 11.8 Å². The molecule has 2 N–H and O–H groups in total. The summed E-state index contributed by atoms with van der Waals surface area (Å²) in [6, 6.07) is 8.51. The molecule has 3 aromatic rings. The fourth-order valence-electron chi connectivity index (χ4n) is 5.59. The van der Waals surface area contributed by atoms with Gasteiger partial charge < -0.3 is 19.8 Å². The Morgan fingerprint density at radius 3 is 2.50 bits per heavy atom. The van der Waals surface area contributed by atoms with E-state index in [0.29, 0.717) is 13.1 Å². The number of aromatic nitrogens is 2. The number of nitrogens with zero attached hydrogens (tertiary/aromatic N) is 3. The van der Waals surface area contributed by atoms with Crippen molar-refractivity contribution in [3.05, 3.63) is 69.8 Å². The minimum Gasteiger partial charge on any atom is -0.453 e. The quantitative estimate of drug-likeness (QED) is 0.340. The van der Waals surface area contributed by atoms with Crippen LogP contribution < -0.4 is 5.73 Å². The SMILES string of the molecule is CCc1ccc(Cl)cc1.COC(=O)N1CC2CC(c3nnc(-c4cc(C)c(C(F)(F)CC(N)C(C)=O)cc4F)o3)(C2)C1. The molecule has 8 nitrogen and oxygen atoms in total. The third kappa shape index (κ3) is 6.62. The third-order valence-corrected chi connectivity index (χ3v) is 8.15. The minimum absolute atomic E-state index is 0.100. The Kier molecular flexibility index (Phi) is 9.32. The lowest BCUT2D eigenvalue weighted by Crippen LogP contribution is -2.60. The van der Waals surface area contributed by atoms with Crippen LogP contribution >= 0.6 is 11.6 Å². The summed E-state index contributed by atoms with van der Waals surface area (Å²) < 4.78 is 54.8. The molecule has 1 saturated carbocycles. The molecule has 12 heteroatoms. The van der Waals surface area contributed by atoms with E-state index < -0.39 is 47.1 Å². The number of Topliss-reactive ketones (excluding diaryl/α,β-unsaturated/α-hetero) is 1. The summed E-state index contributed by atoms with van der Waals surface area (Å²) in [6.07, 6.45) is 1.23. The molecule has 2 aliphatic heterocycles. The van der Waals surface area contributed by atoms with Crippen LogP contribution in [0.5, 0.6) is 0 Å². The van der Waals surface area contributed by atoms with Crippen LogP contribution in [0.2, 0.25) is 5.02 Å². The smallest absolute Gasteiger partial charge is 0.409 e. The second kappa shape index (κ2) is 12.4. The van der Waals surface area contributed by atoms with Crippen LogP contribution in [0, 0.1) is 18.7 Å². The minimum atomic E-state index is -3.49. The molecule has 1 atom stereocenters. The standard InChI is InChI=1S/C22H25F3N4O4.C8H9Cl/c1-11-4-14(16(23)5-15(11)22(24,25)8-17(26)12(2)30)18-27-28-19(33-18)21-6-13(7-21)9-29(10-21)20(31)32-3;1-2-7-3-5-8(9)6-4-7/h4-5,13,17H,6-10,26H2,1-3H3;3-6H,2H2,1H3. The molecule has 3 fully saturated rings. The lowest BCUT2D eigenvalue weighted by molar-refractivity contribution is -0.121. The van der Waals surface area contributed by atoms with Crippen molar-refractivity contribution < 1.29 is 31.9 Å². The Labute approximate surface area is 247 Å². The predicted octanol–water partition coefficient (Wildman–Crippen LogP) is 6.21. The first kappa shape index (κ1) is 31.5. The Balaban J connectivity index is 0.000000385. The molecule has 2 aromatic carbocycles. The number of benzene rings is 2. The lowest BCUT2D eigenvalue weighted by atomic mass is 9.58. The fourth-order valence-corrected chi connectivity index (χ4v) is 5.72. The highest BCUT2D eigenvalue weighted by Crippen LogP contribution is 2.52. The van der Waals surface area contributed by atoms with Crippen molar-refractivity contribution in [3.8, 4) is 11.5 Å². The molecular formula is C30H34ClF3N4O4. The zero-order chi connectivity index (χ0) is 30.8. The number of fused-ring (bicyclic) bond motifs is 2. The van der Waals surface area contributed by atoms with Gasteiger partial charge in [0.05, 0.1) is 24.1 Å². The van der Waals surface area contributed by atoms with Crippen molar-refractivity contribution in [2.24, 2.45) is 11.7 Å². The molecule has 1 amide bonds. The number of amides is 1. The monoisotopic (exact) mass is 606 g/mol. The number of alkyl halides is 2. The molecule has 226 valence electrons. The Hall–Kier alpha value is -3.44. The molecule has 6 rings (SSSR count). The summed E-state index contributed by atoms with van der Waals surface area (Å²) in [5.74, 6) is -4.58. The van der Waals surface area contributed by atoms with Gasteiger partial charge in [0.2, 0.25) is 5.89 Å². The number of piperidine rings is 2. The van der Waals surface area contributed by atoms with Gasteiger partial charge in [0, 0.05) is 30.1 Å². The first-order chi connectivity index (χ1) is 19.8. The van der Waals surface area contributed by atoms with Gasteiger partial charge in [-0.2, -0.15) is 0 Å². The molecule has 0 spiro atoms. The second-order valence-corrected chi connectivity index (χ2v) is 11.5. The first-order valence-electron chi connectivity index (χ1n) is 13.6. The van der Waals surface area contributed by atoms with Gasteiger partial charge in [0.15, 0.2) is 0 Å². The van der Waals surface area contributed by atoms with Gasteiger partial charge in [-0.25, -0.2) is 18.0 Å². The number of methoxy groups -OCH3 is 1. The van der Waals surface area contributed by atoms with Crippen LogP contribution in [0.1, 0.15) is 55.7 Å². The van der Waals surface area contributed by atoms with E-state index in [9.17, 15) is 22.8 Å². The van der Waals surface area contributed by atoms with E-state index in [0.717, 1.165) is 37.3 Å². The molecule has 3 aliphatic rings. The highest BCUT2D eigenvalue weighted by molar-refractivity contribution is 6.30. The van der Waals surface area contributed by atoms with Crippen LogP contribution in [0.3, 0.4) is 0 Å². The second-order valence-electron chi connectivity index (χ2n) is 11.1. The van der Waals surface area contributed by atoms with Crippen molar-refractivity contribution >= 4 is 23.5 Å². The highest BCUT2D eigenvalue weighted by atomic mass is 35.5. The van der Waals surface area contributed by atoms with Gasteiger partial charge >= 0.3 is 6.09 Å². The molecule has 0 radical (unpaired) electrons. The highest BCUT2D eigenvalue weighted by Gasteiger charge is 2.55. The largest absolute Gasteiger partial charge is 0.453 e. The van der Waals surface area contributed by atoms with Gasteiger partial charge in [0.1, 0.15) is 11.6 Å². The van der Waals surface area contributed by atoms with Gasteiger partial charge in [-0.05, 0) is 74.4 Å². The van der Waals surface area contributed by atoms with E-state index in [1.165, 1.54) is 25.7 Å². The van der Waals surface area contributed by atoms with E-state index >= 15 is 0 Å². The number of hydrogen-bond acceptors (Lipinski definition) is 7. The van der Waals surface area contributed by atoms with Crippen LogP contribution in [0.25, 0.3) is 11.5 Å². The van der Waals surface area contributed by atoms with Crippen molar-refractivity contribution in [2.45, 2.75) is 63.8 Å².